The monoisotopic (exact) mass is 361 g/mol. The third-order valence-corrected chi connectivity index (χ3v) is 4.34. The number of nitrogens with one attached hydrogen (secondary N) is 1. The maximum atomic E-state index is 12.5. The first-order valence-electron chi connectivity index (χ1n) is 7.84. The fourth-order valence-corrected chi connectivity index (χ4v) is 2.80. The van der Waals surface area contributed by atoms with Crippen LogP contribution in [-0.4, -0.2) is 24.1 Å². The maximum absolute atomic E-state index is 12.5. The SMILES string of the molecule is CCC(NC(=O)Cc1cccc(OC)c1)(C(=O)O)c1ccc(Cl)cc1. The number of methoxy groups -OCH3 is 1. The average Bonchev–Trinajstić information content (AvgIpc) is 2.60. The zero-order valence-corrected chi connectivity index (χ0v) is 14.8. The van der Waals surface area contributed by atoms with Crippen LogP contribution in [0, 0.1) is 0 Å². The molecule has 2 aromatic carbocycles. The molecule has 0 aliphatic rings. The van der Waals surface area contributed by atoms with E-state index in [-0.39, 0.29) is 18.7 Å². The Morgan fingerprint density at radius 1 is 1.20 bits per heavy atom. The Labute approximate surface area is 151 Å². The highest BCUT2D eigenvalue weighted by Crippen LogP contribution is 2.27. The highest BCUT2D eigenvalue weighted by molar-refractivity contribution is 6.30. The van der Waals surface area contributed by atoms with Crippen LogP contribution in [0.1, 0.15) is 24.5 Å². The molecule has 0 saturated carbocycles. The Morgan fingerprint density at radius 2 is 1.88 bits per heavy atom. The summed E-state index contributed by atoms with van der Waals surface area (Å²) in [5.74, 6) is -0.855. The summed E-state index contributed by atoms with van der Waals surface area (Å²) in [5.41, 5.74) is -0.283. The van der Waals surface area contributed by atoms with Crippen LogP contribution in [-0.2, 0) is 21.5 Å². The molecule has 0 spiro atoms. The summed E-state index contributed by atoms with van der Waals surface area (Å²) < 4.78 is 5.14. The van der Waals surface area contributed by atoms with Gasteiger partial charge in [-0.25, -0.2) is 4.79 Å². The maximum Gasteiger partial charge on any atom is 0.334 e. The van der Waals surface area contributed by atoms with Crippen LogP contribution < -0.4 is 10.1 Å². The number of halogens is 1. The normalized spacial score (nSPS) is 12.9. The molecule has 0 radical (unpaired) electrons. The number of ether oxygens (including phenoxy) is 1. The van der Waals surface area contributed by atoms with E-state index in [1.54, 1.807) is 62.6 Å². The number of carboxylic acids is 1. The molecule has 5 nitrogen and oxygen atoms in total. The van der Waals surface area contributed by atoms with Gasteiger partial charge in [0, 0.05) is 5.02 Å². The van der Waals surface area contributed by atoms with Gasteiger partial charge >= 0.3 is 5.97 Å². The zero-order valence-electron chi connectivity index (χ0n) is 14.1. The predicted molar refractivity (Wildman–Crippen MR) is 95.9 cm³/mol. The van der Waals surface area contributed by atoms with Crippen LogP contribution in [0.2, 0.25) is 5.02 Å². The number of carbonyl (C=O) groups excluding carboxylic acids is 1. The summed E-state index contributed by atoms with van der Waals surface area (Å²) in [7, 11) is 1.55. The van der Waals surface area contributed by atoms with Crippen molar-refractivity contribution in [3.63, 3.8) is 0 Å². The first-order valence-corrected chi connectivity index (χ1v) is 8.22. The van der Waals surface area contributed by atoms with Gasteiger partial charge in [-0.05, 0) is 41.8 Å². The van der Waals surface area contributed by atoms with Gasteiger partial charge in [0.05, 0.1) is 13.5 Å². The highest BCUT2D eigenvalue weighted by atomic mass is 35.5. The van der Waals surface area contributed by atoms with Crippen LogP contribution in [0.25, 0.3) is 0 Å². The quantitative estimate of drug-likeness (QED) is 0.792. The number of hydrogen-bond acceptors (Lipinski definition) is 3. The topological polar surface area (TPSA) is 75.6 Å². The number of aliphatic carboxylic acids is 1. The van der Waals surface area contributed by atoms with Crippen LogP contribution >= 0.6 is 11.6 Å². The molecular formula is C19H20ClNO4. The zero-order chi connectivity index (χ0) is 18.4. The molecule has 6 heteroatoms. The van der Waals surface area contributed by atoms with Gasteiger partial charge in [-0.1, -0.05) is 42.8 Å². The summed E-state index contributed by atoms with van der Waals surface area (Å²) in [6.45, 7) is 1.72. The smallest absolute Gasteiger partial charge is 0.334 e. The molecule has 0 fully saturated rings. The van der Waals surface area contributed by atoms with Gasteiger partial charge in [0.15, 0.2) is 5.54 Å². The minimum atomic E-state index is -1.50. The molecule has 0 aliphatic carbocycles. The molecule has 0 aromatic heterocycles. The first-order chi connectivity index (χ1) is 11.9. The van der Waals surface area contributed by atoms with Crippen molar-refractivity contribution in [2.75, 3.05) is 7.11 Å². The molecule has 0 bridgehead atoms. The van der Waals surface area contributed by atoms with Gasteiger partial charge in [0.1, 0.15) is 5.75 Å². The molecule has 2 aromatic rings. The van der Waals surface area contributed by atoms with E-state index < -0.39 is 11.5 Å². The number of hydrogen-bond donors (Lipinski definition) is 2. The van der Waals surface area contributed by atoms with E-state index in [0.29, 0.717) is 16.3 Å². The summed E-state index contributed by atoms with van der Waals surface area (Å²) in [6.07, 6.45) is 0.258. The molecule has 1 unspecified atom stereocenters. The van der Waals surface area contributed by atoms with Gasteiger partial charge in [-0.15, -0.1) is 0 Å². The Bertz CT molecular complexity index is 760. The third kappa shape index (κ3) is 4.31. The van der Waals surface area contributed by atoms with Crippen LogP contribution in [0.4, 0.5) is 0 Å². The van der Waals surface area contributed by atoms with Crippen LogP contribution in [0.5, 0.6) is 5.75 Å². The van der Waals surface area contributed by atoms with Crippen molar-refractivity contribution in [1.82, 2.24) is 5.32 Å². The van der Waals surface area contributed by atoms with Gasteiger partial charge in [-0.3, -0.25) is 4.79 Å². The molecule has 132 valence electrons. The fourth-order valence-electron chi connectivity index (χ4n) is 2.68. The molecule has 2 rings (SSSR count). The van der Waals surface area contributed by atoms with Crippen molar-refractivity contribution in [1.29, 1.82) is 0 Å². The van der Waals surface area contributed by atoms with Crippen molar-refractivity contribution < 1.29 is 19.4 Å². The summed E-state index contributed by atoms with van der Waals surface area (Å²) >= 11 is 5.88. The summed E-state index contributed by atoms with van der Waals surface area (Å²) in [4.78, 5) is 24.4. The van der Waals surface area contributed by atoms with E-state index >= 15 is 0 Å². The second-order valence-electron chi connectivity index (χ2n) is 5.65. The Morgan fingerprint density at radius 3 is 2.44 bits per heavy atom. The average molecular weight is 362 g/mol. The van der Waals surface area contributed by atoms with E-state index in [1.807, 2.05) is 0 Å². The second kappa shape index (κ2) is 8.03. The molecule has 25 heavy (non-hydrogen) atoms. The van der Waals surface area contributed by atoms with E-state index in [0.717, 1.165) is 5.56 Å². The Balaban J connectivity index is 2.25. The van der Waals surface area contributed by atoms with E-state index in [9.17, 15) is 14.7 Å². The fraction of sp³-hybridized carbons (Fsp3) is 0.263. The van der Waals surface area contributed by atoms with Gasteiger partial charge in [0.25, 0.3) is 0 Å². The highest BCUT2D eigenvalue weighted by Gasteiger charge is 2.40. The van der Waals surface area contributed by atoms with Gasteiger partial charge < -0.3 is 15.2 Å². The Hall–Kier alpha value is -2.53. The summed E-state index contributed by atoms with van der Waals surface area (Å²) in [5, 5.41) is 13.0. The molecule has 1 atom stereocenters. The number of carbonyl (C=O) groups is 2. The minimum Gasteiger partial charge on any atom is -0.497 e. The van der Waals surface area contributed by atoms with Crippen molar-refractivity contribution in [3.8, 4) is 5.75 Å². The molecule has 0 saturated heterocycles. The third-order valence-electron chi connectivity index (χ3n) is 4.08. The van der Waals surface area contributed by atoms with Crippen molar-refractivity contribution in [3.05, 3.63) is 64.7 Å². The Kier molecular flexibility index (Phi) is 6.04. The van der Waals surface area contributed by atoms with E-state index in [4.69, 9.17) is 16.3 Å². The van der Waals surface area contributed by atoms with Crippen molar-refractivity contribution >= 4 is 23.5 Å². The number of benzene rings is 2. The molecule has 2 N–H and O–H groups in total. The van der Waals surface area contributed by atoms with Crippen molar-refractivity contribution in [2.45, 2.75) is 25.3 Å². The molecular weight excluding hydrogens is 342 g/mol. The minimum absolute atomic E-state index is 0.0554. The first kappa shape index (κ1) is 18.8. The van der Waals surface area contributed by atoms with Gasteiger partial charge in [0.2, 0.25) is 5.91 Å². The standard InChI is InChI=1S/C19H20ClNO4/c1-3-19(18(23)24,14-7-9-15(20)10-8-14)21-17(22)12-13-5-4-6-16(11-13)25-2/h4-11H,3,12H2,1-2H3,(H,21,22)(H,23,24). The number of amides is 1. The lowest BCUT2D eigenvalue weighted by atomic mass is 9.87. The van der Waals surface area contributed by atoms with E-state index in [1.165, 1.54) is 0 Å². The number of rotatable bonds is 7. The lowest BCUT2D eigenvalue weighted by Gasteiger charge is -2.30. The van der Waals surface area contributed by atoms with Crippen molar-refractivity contribution in [2.24, 2.45) is 0 Å². The predicted octanol–water partition coefficient (Wildman–Crippen LogP) is 3.40. The lowest BCUT2D eigenvalue weighted by molar-refractivity contribution is -0.148. The lowest BCUT2D eigenvalue weighted by Crippen LogP contribution is -2.52. The molecule has 0 aliphatic heterocycles. The van der Waals surface area contributed by atoms with Crippen LogP contribution in [0.3, 0.4) is 0 Å². The second-order valence-corrected chi connectivity index (χ2v) is 6.08. The molecule has 0 heterocycles. The summed E-state index contributed by atoms with van der Waals surface area (Å²) in [6, 6.07) is 13.6. The van der Waals surface area contributed by atoms with Crippen LogP contribution in [0.15, 0.2) is 48.5 Å². The largest absolute Gasteiger partial charge is 0.497 e. The van der Waals surface area contributed by atoms with Gasteiger partial charge in [-0.2, -0.15) is 0 Å². The van der Waals surface area contributed by atoms with E-state index in [2.05, 4.69) is 5.32 Å². The molecule has 1 amide bonds. The number of carboxylic acid groups (broad SMARTS) is 1.